The zero-order valence-electron chi connectivity index (χ0n) is 28.0. The molecule has 2 heterocycles. The highest BCUT2D eigenvalue weighted by molar-refractivity contribution is 5.92. The summed E-state index contributed by atoms with van der Waals surface area (Å²) in [7, 11) is 1.42. The average molecular weight is 724 g/mol. The van der Waals surface area contributed by atoms with Crippen LogP contribution < -0.4 is 15.4 Å². The van der Waals surface area contributed by atoms with Crippen molar-refractivity contribution in [2.75, 3.05) is 31.8 Å². The number of carboxylic acids is 1. The molecule has 0 bridgehead atoms. The van der Waals surface area contributed by atoms with Crippen molar-refractivity contribution in [1.82, 2.24) is 9.97 Å². The number of aromatic nitrogens is 2. The van der Waals surface area contributed by atoms with E-state index in [4.69, 9.17) is 19.9 Å². The zero-order chi connectivity index (χ0) is 37.9. The van der Waals surface area contributed by atoms with Gasteiger partial charge in [-0.05, 0) is 74.2 Å². The highest BCUT2D eigenvalue weighted by Gasteiger charge is 2.48. The van der Waals surface area contributed by atoms with E-state index in [1.165, 1.54) is 33.2 Å². The molecular weight excluding hydrogens is 688 g/mol. The number of rotatable bonds is 11. The van der Waals surface area contributed by atoms with E-state index in [1.54, 1.807) is 13.0 Å². The number of aliphatic carboxylic acids is 1. The standard InChI is InChI=1S/C34H35F6N5O6/c1-5-32(42)15-24(23-14-21(33(35,36)37)6-7-26(23)45(32)30(48)51-18-31(2,3)29(46)47)28-43-17-27(50-9-8-49-4)25(44-28)13-19-10-20(16-41)12-22(11-19)34(38,39)40/h6-7,10-12,14,17,24H,5,8-9,13,15,18,42H2,1-4H3,(H,46,47)/t24-,32+/m0/s1. The summed E-state index contributed by atoms with van der Waals surface area (Å²) in [5.74, 6) is -2.36. The third kappa shape index (κ3) is 8.68. The van der Waals surface area contributed by atoms with Crippen LogP contribution in [0.2, 0.25) is 0 Å². The van der Waals surface area contributed by atoms with E-state index in [-0.39, 0.29) is 72.1 Å². The number of amides is 1. The van der Waals surface area contributed by atoms with Crippen LogP contribution in [0.3, 0.4) is 0 Å². The van der Waals surface area contributed by atoms with Crippen molar-refractivity contribution < 1.29 is 55.2 Å². The molecule has 2 aromatic carbocycles. The van der Waals surface area contributed by atoms with Crippen LogP contribution >= 0.6 is 0 Å². The lowest BCUT2D eigenvalue weighted by molar-refractivity contribution is -0.149. The van der Waals surface area contributed by atoms with Gasteiger partial charge in [-0.15, -0.1) is 0 Å². The predicted octanol–water partition coefficient (Wildman–Crippen LogP) is 6.66. The van der Waals surface area contributed by atoms with Crippen LogP contribution in [-0.4, -0.2) is 59.7 Å². The molecule has 1 aliphatic rings. The van der Waals surface area contributed by atoms with Crippen LogP contribution in [0.1, 0.15) is 78.9 Å². The normalized spacial score (nSPS) is 17.8. The van der Waals surface area contributed by atoms with Crippen LogP contribution in [-0.2, 0) is 33.0 Å². The first-order chi connectivity index (χ1) is 23.7. The fraction of sp³-hybridized carbons (Fsp3) is 0.441. The monoisotopic (exact) mass is 723 g/mol. The molecule has 3 aromatic rings. The van der Waals surface area contributed by atoms with E-state index in [9.17, 15) is 46.3 Å². The van der Waals surface area contributed by atoms with E-state index in [0.717, 1.165) is 29.2 Å². The van der Waals surface area contributed by atoms with Gasteiger partial charge in [-0.25, -0.2) is 14.8 Å². The second-order valence-corrected chi connectivity index (χ2v) is 12.6. The smallest absolute Gasteiger partial charge is 0.416 e. The number of fused-ring (bicyclic) bond motifs is 1. The summed E-state index contributed by atoms with van der Waals surface area (Å²) in [5, 5.41) is 18.9. The fourth-order valence-corrected chi connectivity index (χ4v) is 5.48. The summed E-state index contributed by atoms with van der Waals surface area (Å²) >= 11 is 0. The summed E-state index contributed by atoms with van der Waals surface area (Å²) in [4.78, 5) is 35.1. The second-order valence-electron chi connectivity index (χ2n) is 12.6. The van der Waals surface area contributed by atoms with Crippen LogP contribution in [0, 0.1) is 16.7 Å². The number of anilines is 1. The average Bonchev–Trinajstić information content (AvgIpc) is 3.06. The Kier molecular flexibility index (Phi) is 11.2. The molecule has 2 atom stereocenters. The fourth-order valence-electron chi connectivity index (χ4n) is 5.48. The number of benzene rings is 2. The van der Waals surface area contributed by atoms with E-state index in [2.05, 4.69) is 9.97 Å². The van der Waals surface area contributed by atoms with Gasteiger partial charge >= 0.3 is 24.4 Å². The van der Waals surface area contributed by atoms with Crippen LogP contribution in [0.4, 0.5) is 36.8 Å². The number of hydrogen-bond donors (Lipinski definition) is 2. The van der Waals surface area contributed by atoms with Crippen molar-refractivity contribution in [2.45, 2.75) is 64.0 Å². The highest BCUT2D eigenvalue weighted by atomic mass is 19.4. The molecule has 3 N–H and O–H groups in total. The minimum atomic E-state index is -4.80. The largest absolute Gasteiger partial charge is 0.488 e. The van der Waals surface area contributed by atoms with Crippen molar-refractivity contribution in [1.29, 1.82) is 5.26 Å². The number of carboxylic acid groups (broad SMARTS) is 1. The van der Waals surface area contributed by atoms with Gasteiger partial charge in [0, 0.05) is 19.4 Å². The summed E-state index contributed by atoms with van der Waals surface area (Å²) in [6.07, 6.45) is -9.90. The Morgan fingerprint density at radius 2 is 1.76 bits per heavy atom. The molecule has 1 amide bonds. The minimum Gasteiger partial charge on any atom is -0.488 e. The second kappa shape index (κ2) is 14.7. The van der Waals surface area contributed by atoms with Gasteiger partial charge in [0.15, 0.2) is 5.75 Å². The number of nitrogens with two attached hydrogens (primary N) is 1. The maximum Gasteiger partial charge on any atom is 0.416 e. The molecular formula is C34H35F6N5O6. The van der Waals surface area contributed by atoms with Gasteiger partial charge in [0.2, 0.25) is 0 Å². The van der Waals surface area contributed by atoms with Gasteiger partial charge in [-0.1, -0.05) is 6.92 Å². The number of carbonyl (C=O) groups excluding carboxylic acids is 1. The number of nitrogens with zero attached hydrogens (tertiary/aromatic N) is 4. The molecule has 51 heavy (non-hydrogen) atoms. The Bertz CT molecular complexity index is 1830. The topological polar surface area (TPSA) is 161 Å². The molecule has 0 spiro atoms. The number of carbonyl (C=O) groups is 2. The molecule has 0 saturated heterocycles. The van der Waals surface area contributed by atoms with Gasteiger partial charge in [0.25, 0.3) is 0 Å². The Balaban J connectivity index is 1.88. The van der Waals surface area contributed by atoms with Crippen LogP contribution in [0.15, 0.2) is 42.6 Å². The van der Waals surface area contributed by atoms with Crippen LogP contribution in [0.25, 0.3) is 0 Å². The number of methoxy groups -OCH3 is 1. The summed E-state index contributed by atoms with van der Waals surface area (Å²) in [6, 6.07) is 7.15. The Labute approximate surface area is 288 Å². The van der Waals surface area contributed by atoms with Crippen molar-refractivity contribution in [3.8, 4) is 11.8 Å². The molecule has 0 unspecified atom stereocenters. The Morgan fingerprint density at radius 1 is 1.08 bits per heavy atom. The third-order valence-electron chi connectivity index (χ3n) is 8.43. The number of ether oxygens (including phenoxy) is 3. The summed E-state index contributed by atoms with van der Waals surface area (Å²) < 4.78 is 99.2. The van der Waals surface area contributed by atoms with Crippen molar-refractivity contribution in [3.63, 3.8) is 0 Å². The van der Waals surface area contributed by atoms with E-state index >= 15 is 0 Å². The lowest BCUT2D eigenvalue weighted by Gasteiger charge is -2.47. The Hall–Kier alpha value is -4.95. The summed E-state index contributed by atoms with van der Waals surface area (Å²) in [5.41, 5.74) is 1.29. The molecule has 1 aromatic heterocycles. The van der Waals surface area contributed by atoms with Gasteiger partial charge in [-0.2, -0.15) is 31.6 Å². The van der Waals surface area contributed by atoms with Crippen molar-refractivity contribution >= 4 is 17.7 Å². The number of alkyl halides is 6. The van der Waals surface area contributed by atoms with Crippen molar-refractivity contribution in [2.24, 2.45) is 11.1 Å². The van der Waals surface area contributed by atoms with Crippen molar-refractivity contribution in [3.05, 3.63) is 81.9 Å². The number of nitriles is 1. The maximum absolute atomic E-state index is 14.0. The predicted molar refractivity (Wildman–Crippen MR) is 169 cm³/mol. The molecule has 4 rings (SSSR count). The molecule has 274 valence electrons. The molecule has 0 saturated carbocycles. The Morgan fingerprint density at radius 3 is 2.35 bits per heavy atom. The zero-order valence-corrected chi connectivity index (χ0v) is 28.0. The van der Waals surface area contributed by atoms with E-state index in [1.807, 2.05) is 0 Å². The first-order valence-corrected chi connectivity index (χ1v) is 15.5. The first-order valence-electron chi connectivity index (χ1n) is 15.5. The lowest BCUT2D eigenvalue weighted by atomic mass is 9.80. The van der Waals surface area contributed by atoms with Gasteiger partial charge in [0.05, 0.1) is 52.4 Å². The molecule has 0 aliphatic carbocycles. The SMILES string of the molecule is CC[C@]1(N)C[C@H](c2ncc(OCCOC)c(Cc3cc(C#N)cc(C(F)(F)F)c3)n2)c2cc(C(F)(F)F)ccc2N1C(=O)OCC(C)(C)C(=O)O. The van der Waals surface area contributed by atoms with E-state index in [0.29, 0.717) is 6.07 Å². The van der Waals surface area contributed by atoms with Gasteiger partial charge < -0.3 is 25.1 Å². The van der Waals surface area contributed by atoms with Gasteiger partial charge in [-0.3, -0.25) is 9.69 Å². The molecule has 1 aliphatic heterocycles. The lowest BCUT2D eigenvalue weighted by Crippen LogP contribution is -2.62. The van der Waals surface area contributed by atoms with E-state index < -0.39 is 59.1 Å². The number of halogens is 6. The third-order valence-corrected chi connectivity index (χ3v) is 8.43. The summed E-state index contributed by atoms with van der Waals surface area (Å²) in [6.45, 7) is 3.83. The number of hydrogen-bond acceptors (Lipinski definition) is 9. The first kappa shape index (κ1) is 38.8. The molecule has 0 fully saturated rings. The van der Waals surface area contributed by atoms with Gasteiger partial charge in [0.1, 0.15) is 24.7 Å². The molecule has 0 radical (unpaired) electrons. The maximum atomic E-state index is 14.0. The quantitative estimate of drug-likeness (QED) is 0.162. The van der Waals surface area contributed by atoms with Crippen LogP contribution in [0.5, 0.6) is 5.75 Å². The highest BCUT2D eigenvalue weighted by Crippen LogP contribution is 2.47. The molecule has 11 nitrogen and oxygen atoms in total. The minimum absolute atomic E-state index is 0.00303. The molecule has 17 heteroatoms.